The van der Waals surface area contributed by atoms with Gasteiger partial charge in [-0.2, -0.15) is 5.10 Å². The van der Waals surface area contributed by atoms with E-state index in [0.717, 1.165) is 40.2 Å². The number of carbonyl (C=O) groups excluding carboxylic acids is 2. The molecule has 0 atom stereocenters. The Morgan fingerprint density at radius 2 is 2.02 bits per heavy atom. The summed E-state index contributed by atoms with van der Waals surface area (Å²) in [6, 6.07) is 4.96. The molecule has 0 radical (unpaired) electrons. The molecule has 1 aromatic carbocycles. The number of anilines is 2. The first kappa shape index (κ1) is 30.0. The predicted molar refractivity (Wildman–Crippen MR) is 165 cm³/mol. The molecule has 2 aliphatic carbocycles. The second kappa shape index (κ2) is 13.1. The smallest absolute Gasteiger partial charge is 0.238 e. The van der Waals surface area contributed by atoms with Gasteiger partial charge in [-0.05, 0) is 43.9 Å². The molecular formula is C30H36FN7O2S. The summed E-state index contributed by atoms with van der Waals surface area (Å²) in [4.78, 5) is 33.8. The van der Waals surface area contributed by atoms with Crippen LogP contribution in [0.15, 0.2) is 41.9 Å². The number of fused-ring (bicyclic) bond motifs is 3. The van der Waals surface area contributed by atoms with Crippen molar-refractivity contribution >= 4 is 45.8 Å². The highest BCUT2D eigenvalue weighted by Gasteiger charge is 2.31. The molecule has 1 fully saturated rings. The summed E-state index contributed by atoms with van der Waals surface area (Å²) >= 11 is 1.34. The first-order chi connectivity index (χ1) is 19.4. The number of thiazole rings is 1. The number of amides is 2. The van der Waals surface area contributed by atoms with Crippen molar-refractivity contribution in [2.45, 2.75) is 58.9 Å². The third kappa shape index (κ3) is 6.52. The fourth-order valence-corrected chi connectivity index (χ4v) is 6.37. The number of aryl methyl sites for hydroxylation is 1. The van der Waals surface area contributed by atoms with Crippen LogP contribution in [0.4, 0.5) is 15.2 Å². The van der Waals surface area contributed by atoms with Crippen LogP contribution in [0.5, 0.6) is 0 Å². The minimum Gasteiger partial charge on any atom is -0.325 e. The molecule has 0 bridgehead atoms. The van der Waals surface area contributed by atoms with E-state index in [-0.39, 0.29) is 31.5 Å². The Labute approximate surface area is 243 Å². The van der Waals surface area contributed by atoms with E-state index in [2.05, 4.69) is 32.5 Å². The van der Waals surface area contributed by atoms with E-state index in [4.69, 9.17) is 5.10 Å². The highest BCUT2D eigenvalue weighted by molar-refractivity contribution is 7.19. The van der Waals surface area contributed by atoms with Crippen molar-refractivity contribution in [2.24, 2.45) is 4.99 Å². The Bertz CT molecular complexity index is 1510. The molecule has 0 spiro atoms. The van der Waals surface area contributed by atoms with Crippen molar-refractivity contribution < 1.29 is 14.0 Å². The maximum atomic E-state index is 15.7. The van der Waals surface area contributed by atoms with Crippen molar-refractivity contribution in [3.63, 3.8) is 0 Å². The number of benzene rings is 1. The highest BCUT2D eigenvalue weighted by Crippen LogP contribution is 2.43. The molecule has 2 aliphatic rings. The van der Waals surface area contributed by atoms with Crippen LogP contribution in [0.25, 0.3) is 21.8 Å². The van der Waals surface area contributed by atoms with E-state index in [0.29, 0.717) is 35.4 Å². The maximum absolute atomic E-state index is 15.7. The first-order valence-electron chi connectivity index (χ1n) is 13.4. The summed E-state index contributed by atoms with van der Waals surface area (Å²) < 4.78 is 17.3. The Morgan fingerprint density at radius 1 is 1.24 bits per heavy atom. The molecule has 11 heteroatoms. The van der Waals surface area contributed by atoms with Crippen LogP contribution in [-0.4, -0.2) is 52.4 Å². The minimum absolute atomic E-state index is 0. The van der Waals surface area contributed by atoms with E-state index in [1.165, 1.54) is 37.2 Å². The molecule has 3 aromatic rings. The number of carbonyl (C=O) groups is 2. The van der Waals surface area contributed by atoms with Crippen molar-refractivity contribution in [1.82, 2.24) is 20.1 Å². The largest absolute Gasteiger partial charge is 0.325 e. The van der Waals surface area contributed by atoms with E-state index >= 15 is 4.39 Å². The van der Waals surface area contributed by atoms with Gasteiger partial charge in [-0.3, -0.25) is 14.6 Å². The van der Waals surface area contributed by atoms with Gasteiger partial charge in [0.1, 0.15) is 5.69 Å². The van der Waals surface area contributed by atoms with Gasteiger partial charge in [-0.1, -0.05) is 50.3 Å². The van der Waals surface area contributed by atoms with E-state index in [1.807, 2.05) is 6.08 Å². The molecule has 9 nitrogen and oxygen atoms in total. The van der Waals surface area contributed by atoms with Gasteiger partial charge in [0.2, 0.25) is 11.8 Å². The summed E-state index contributed by atoms with van der Waals surface area (Å²) in [5, 5.41) is 14.2. The lowest BCUT2D eigenvalue weighted by atomic mass is 9.95. The van der Waals surface area contributed by atoms with Crippen molar-refractivity contribution in [2.75, 3.05) is 24.2 Å². The van der Waals surface area contributed by atoms with Gasteiger partial charge in [0, 0.05) is 43.1 Å². The third-order valence-corrected chi connectivity index (χ3v) is 8.02. The van der Waals surface area contributed by atoms with E-state index < -0.39 is 5.82 Å². The van der Waals surface area contributed by atoms with Crippen LogP contribution < -0.4 is 16.0 Å². The van der Waals surface area contributed by atoms with Gasteiger partial charge in [0.05, 0.1) is 28.5 Å². The van der Waals surface area contributed by atoms with Gasteiger partial charge in [-0.25, -0.2) is 14.1 Å². The number of hydrogen-bond acceptors (Lipinski definition) is 7. The highest BCUT2D eigenvalue weighted by atomic mass is 32.1. The standard InChI is InChI=1S/C29H32FN7O2S.CH4/c1-4-7-18(15-31-3)26-21-11-12-23-28(40-29(35-23)33-17(2)38)27(21)37(36-26)24-13-10-20(14-22(24)30)34-25(39)16-32-19-8-5-6-9-19;/h4,7,10,13-15,19,32H,1,5-6,8-9,11-12,16H2,2-3H3,(H,34,39)(H,33,35,38);1H4/b18-7+,31-15?;. The van der Waals surface area contributed by atoms with Gasteiger partial charge < -0.3 is 16.0 Å². The molecular weight excluding hydrogens is 541 g/mol. The topological polar surface area (TPSA) is 113 Å². The Morgan fingerprint density at radius 3 is 2.71 bits per heavy atom. The number of aromatic nitrogens is 3. The van der Waals surface area contributed by atoms with E-state index in [9.17, 15) is 9.59 Å². The van der Waals surface area contributed by atoms with Crippen molar-refractivity contribution in [3.8, 4) is 16.3 Å². The van der Waals surface area contributed by atoms with Gasteiger partial charge >= 0.3 is 0 Å². The quantitative estimate of drug-likeness (QED) is 0.227. The lowest BCUT2D eigenvalue weighted by molar-refractivity contribution is -0.115. The summed E-state index contributed by atoms with van der Waals surface area (Å²) in [5.74, 6) is -0.954. The number of halogens is 1. The second-order valence-corrected chi connectivity index (χ2v) is 10.9. The number of rotatable bonds is 9. The Kier molecular flexibility index (Phi) is 9.61. The molecule has 5 rings (SSSR count). The maximum Gasteiger partial charge on any atom is 0.238 e. The zero-order chi connectivity index (χ0) is 28.2. The monoisotopic (exact) mass is 577 g/mol. The molecule has 0 saturated heterocycles. The Hall–Kier alpha value is -3.96. The molecule has 0 aliphatic heterocycles. The SMILES string of the molecule is C.C=C/C=C(\C=NC)c1nn(-c2ccc(NC(=O)CNC3CCCC3)cc2F)c2c1CCc1nc(NC(C)=O)sc1-2. The average molecular weight is 578 g/mol. The van der Waals surface area contributed by atoms with Gasteiger partial charge in [-0.15, -0.1) is 0 Å². The molecule has 3 N–H and O–H groups in total. The van der Waals surface area contributed by atoms with Crippen molar-refractivity contribution in [3.05, 3.63) is 59.7 Å². The van der Waals surface area contributed by atoms with Crippen LogP contribution in [-0.2, 0) is 22.4 Å². The lowest BCUT2D eigenvalue weighted by Gasteiger charge is -2.15. The normalized spacial score (nSPS) is 14.9. The molecule has 2 heterocycles. The summed E-state index contributed by atoms with van der Waals surface area (Å²) in [5.41, 5.74) is 4.52. The fraction of sp³-hybridized carbons (Fsp3) is 0.367. The zero-order valence-corrected chi connectivity index (χ0v) is 23.4. The average Bonchev–Trinajstić information content (AvgIpc) is 3.65. The molecule has 2 amide bonds. The minimum atomic E-state index is -0.532. The van der Waals surface area contributed by atoms with Gasteiger partial charge in [0.15, 0.2) is 10.9 Å². The molecule has 2 aromatic heterocycles. The number of aliphatic imine (C=N–C) groups is 1. The predicted octanol–water partition coefficient (Wildman–Crippen LogP) is 5.57. The summed E-state index contributed by atoms with van der Waals surface area (Å²) in [7, 11) is 1.68. The Balaban J connectivity index is 0.00000387. The van der Waals surface area contributed by atoms with Crippen LogP contribution in [0.1, 0.15) is 57.0 Å². The first-order valence-corrected chi connectivity index (χ1v) is 14.2. The van der Waals surface area contributed by atoms with Gasteiger partial charge in [0.25, 0.3) is 0 Å². The van der Waals surface area contributed by atoms with Crippen LogP contribution in [0.2, 0.25) is 0 Å². The lowest BCUT2D eigenvalue weighted by Crippen LogP contribution is -2.34. The van der Waals surface area contributed by atoms with Crippen LogP contribution in [0.3, 0.4) is 0 Å². The second-order valence-electron chi connectivity index (χ2n) is 9.89. The zero-order valence-electron chi connectivity index (χ0n) is 22.6. The molecule has 1 saturated carbocycles. The third-order valence-electron chi connectivity index (χ3n) is 7.00. The fourth-order valence-electron chi connectivity index (χ4n) is 5.26. The van der Waals surface area contributed by atoms with E-state index in [1.54, 1.807) is 36.2 Å². The number of hydrogen-bond donors (Lipinski definition) is 3. The number of nitrogens with zero attached hydrogens (tertiary/aromatic N) is 4. The molecule has 41 heavy (non-hydrogen) atoms. The molecule has 216 valence electrons. The molecule has 0 unspecified atom stereocenters. The summed E-state index contributed by atoms with van der Waals surface area (Å²) in [6.07, 6.45) is 11.0. The van der Waals surface area contributed by atoms with Crippen LogP contribution >= 0.6 is 11.3 Å². The van der Waals surface area contributed by atoms with Crippen molar-refractivity contribution in [1.29, 1.82) is 0 Å². The van der Waals surface area contributed by atoms with Crippen LogP contribution in [0, 0.1) is 5.82 Å². The number of nitrogens with one attached hydrogen (secondary N) is 3. The summed E-state index contributed by atoms with van der Waals surface area (Å²) in [6.45, 7) is 5.44. The number of allylic oxidation sites excluding steroid dienone is 3.